The van der Waals surface area contributed by atoms with Crippen LogP contribution in [0.1, 0.15) is 19.5 Å². The van der Waals surface area contributed by atoms with Crippen LogP contribution in [0.25, 0.3) is 11.4 Å². The summed E-state index contributed by atoms with van der Waals surface area (Å²) in [6.07, 6.45) is 0.903. The second-order valence-electron chi connectivity index (χ2n) is 5.26. The van der Waals surface area contributed by atoms with Gasteiger partial charge in [0, 0.05) is 23.8 Å². The molecular formula is C16H20ClN3O. The molecular weight excluding hydrogens is 286 g/mol. The first-order valence-corrected chi connectivity index (χ1v) is 7.31. The Morgan fingerprint density at radius 2 is 2.00 bits per heavy atom. The van der Waals surface area contributed by atoms with Gasteiger partial charge in [-0.25, -0.2) is 9.97 Å². The molecule has 1 N–H and O–H groups in total. The highest BCUT2D eigenvalue weighted by molar-refractivity contribution is 6.30. The van der Waals surface area contributed by atoms with Crippen LogP contribution in [-0.2, 0) is 6.42 Å². The van der Waals surface area contributed by atoms with Gasteiger partial charge < -0.3 is 10.1 Å². The molecule has 0 atom stereocenters. The Kier molecular flexibility index (Phi) is 5.02. The molecule has 0 aliphatic carbocycles. The van der Waals surface area contributed by atoms with Crippen molar-refractivity contribution in [1.82, 2.24) is 9.97 Å². The Morgan fingerprint density at radius 3 is 2.62 bits per heavy atom. The molecule has 112 valence electrons. The fourth-order valence-corrected chi connectivity index (χ4v) is 2.28. The molecule has 1 aromatic heterocycles. The van der Waals surface area contributed by atoms with Crippen molar-refractivity contribution in [3.63, 3.8) is 0 Å². The minimum Gasteiger partial charge on any atom is -0.496 e. The van der Waals surface area contributed by atoms with E-state index in [4.69, 9.17) is 16.3 Å². The lowest BCUT2D eigenvalue weighted by molar-refractivity contribution is 0.416. The highest BCUT2D eigenvalue weighted by Gasteiger charge is 2.12. The summed E-state index contributed by atoms with van der Waals surface area (Å²) in [5.41, 5.74) is 1.85. The maximum Gasteiger partial charge on any atom is 0.165 e. The van der Waals surface area contributed by atoms with Crippen molar-refractivity contribution in [1.29, 1.82) is 0 Å². The Hall–Kier alpha value is -1.81. The maximum absolute atomic E-state index is 6.01. The average Bonchev–Trinajstić information content (AvgIpc) is 2.45. The van der Waals surface area contributed by atoms with Crippen molar-refractivity contribution in [3.05, 3.63) is 35.0 Å². The molecule has 0 bridgehead atoms. The van der Waals surface area contributed by atoms with Crippen molar-refractivity contribution in [2.45, 2.75) is 20.3 Å². The minimum absolute atomic E-state index is 0.532. The lowest BCUT2D eigenvalue weighted by Gasteiger charge is -2.12. The summed E-state index contributed by atoms with van der Waals surface area (Å²) in [4.78, 5) is 9.18. The number of hydrogen-bond donors (Lipinski definition) is 1. The molecule has 0 saturated heterocycles. The lowest BCUT2D eigenvalue weighted by atomic mass is 10.1. The van der Waals surface area contributed by atoms with Crippen molar-refractivity contribution in [2.75, 3.05) is 19.5 Å². The number of rotatable bonds is 5. The van der Waals surface area contributed by atoms with Gasteiger partial charge >= 0.3 is 0 Å². The molecule has 5 heteroatoms. The monoisotopic (exact) mass is 305 g/mol. The lowest BCUT2D eigenvalue weighted by Crippen LogP contribution is -2.04. The summed E-state index contributed by atoms with van der Waals surface area (Å²) >= 11 is 6.01. The Bertz CT molecular complexity index is 629. The summed E-state index contributed by atoms with van der Waals surface area (Å²) in [7, 11) is 3.47. The zero-order valence-corrected chi connectivity index (χ0v) is 13.5. The van der Waals surface area contributed by atoms with Gasteiger partial charge in [-0.05, 0) is 30.5 Å². The van der Waals surface area contributed by atoms with Crippen LogP contribution in [0.3, 0.4) is 0 Å². The molecule has 2 aromatic rings. The number of anilines is 1. The molecule has 4 nitrogen and oxygen atoms in total. The first-order chi connectivity index (χ1) is 10.0. The predicted octanol–water partition coefficient (Wildman–Crippen LogP) is 4.05. The van der Waals surface area contributed by atoms with Crippen LogP contribution in [0.5, 0.6) is 5.75 Å². The molecule has 2 rings (SSSR count). The van der Waals surface area contributed by atoms with Crippen LogP contribution in [0.15, 0.2) is 24.3 Å². The van der Waals surface area contributed by atoms with Gasteiger partial charge in [0.15, 0.2) is 5.82 Å². The number of nitrogens with one attached hydrogen (secondary N) is 1. The Balaban J connectivity index is 2.52. The van der Waals surface area contributed by atoms with Crippen LogP contribution in [-0.4, -0.2) is 24.1 Å². The third-order valence-corrected chi connectivity index (χ3v) is 3.29. The normalized spacial score (nSPS) is 10.8. The first kappa shape index (κ1) is 15.6. The van der Waals surface area contributed by atoms with E-state index in [1.807, 2.05) is 25.2 Å². The Labute approximate surface area is 130 Å². The molecule has 0 radical (unpaired) electrons. The molecule has 1 heterocycles. The summed E-state index contributed by atoms with van der Waals surface area (Å²) in [6, 6.07) is 7.45. The summed E-state index contributed by atoms with van der Waals surface area (Å²) in [5, 5.41) is 3.71. The van der Waals surface area contributed by atoms with E-state index in [0.717, 1.165) is 23.5 Å². The van der Waals surface area contributed by atoms with E-state index in [-0.39, 0.29) is 0 Å². The largest absolute Gasteiger partial charge is 0.496 e. The quantitative estimate of drug-likeness (QED) is 0.905. The van der Waals surface area contributed by atoms with E-state index in [2.05, 4.69) is 29.1 Å². The van der Waals surface area contributed by atoms with Gasteiger partial charge in [-0.2, -0.15) is 0 Å². The number of benzene rings is 1. The highest BCUT2D eigenvalue weighted by atomic mass is 35.5. The predicted molar refractivity (Wildman–Crippen MR) is 87.1 cm³/mol. The van der Waals surface area contributed by atoms with Crippen LogP contribution >= 0.6 is 11.6 Å². The maximum atomic E-state index is 6.01. The molecule has 0 aliphatic rings. The number of methoxy groups -OCH3 is 1. The number of hydrogen-bond acceptors (Lipinski definition) is 4. The van der Waals surface area contributed by atoms with Crippen LogP contribution in [0.4, 0.5) is 5.82 Å². The van der Waals surface area contributed by atoms with E-state index in [9.17, 15) is 0 Å². The molecule has 0 unspecified atom stereocenters. The third kappa shape index (κ3) is 3.85. The number of halogens is 1. The Morgan fingerprint density at radius 1 is 1.24 bits per heavy atom. The van der Waals surface area contributed by atoms with E-state index in [1.165, 1.54) is 0 Å². The number of nitrogens with zero attached hydrogens (tertiary/aromatic N) is 2. The smallest absolute Gasteiger partial charge is 0.165 e. The van der Waals surface area contributed by atoms with E-state index < -0.39 is 0 Å². The van der Waals surface area contributed by atoms with E-state index >= 15 is 0 Å². The van der Waals surface area contributed by atoms with Crippen molar-refractivity contribution in [2.24, 2.45) is 5.92 Å². The number of aromatic nitrogens is 2. The zero-order valence-electron chi connectivity index (χ0n) is 12.8. The SMILES string of the molecule is CNc1cc(CC(C)C)nc(-c2ccc(Cl)cc2OC)n1. The molecule has 0 fully saturated rings. The summed E-state index contributed by atoms with van der Waals surface area (Å²) in [6.45, 7) is 4.34. The van der Waals surface area contributed by atoms with Gasteiger partial charge in [-0.3, -0.25) is 0 Å². The average molecular weight is 306 g/mol. The summed E-state index contributed by atoms with van der Waals surface area (Å²) in [5.74, 6) is 2.65. The van der Waals surface area contributed by atoms with Gasteiger partial charge in [-0.1, -0.05) is 25.4 Å². The minimum atomic E-state index is 0.532. The fraction of sp³-hybridized carbons (Fsp3) is 0.375. The molecule has 0 spiro atoms. The molecule has 0 aliphatic heterocycles. The third-order valence-electron chi connectivity index (χ3n) is 3.06. The van der Waals surface area contributed by atoms with E-state index in [1.54, 1.807) is 13.2 Å². The van der Waals surface area contributed by atoms with Crippen LogP contribution in [0, 0.1) is 5.92 Å². The fourth-order valence-electron chi connectivity index (χ4n) is 2.12. The van der Waals surface area contributed by atoms with Gasteiger partial charge in [0.1, 0.15) is 11.6 Å². The second kappa shape index (κ2) is 6.76. The molecule has 21 heavy (non-hydrogen) atoms. The first-order valence-electron chi connectivity index (χ1n) is 6.93. The van der Waals surface area contributed by atoms with Crippen LogP contribution < -0.4 is 10.1 Å². The number of ether oxygens (including phenoxy) is 1. The van der Waals surface area contributed by atoms with Gasteiger partial charge in [-0.15, -0.1) is 0 Å². The standard InChI is InChI=1S/C16H20ClN3O/c1-10(2)7-12-9-15(18-3)20-16(19-12)13-6-5-11(17)8-14(13)21-4/h5-6,8-10H,7H2,1-4H3,(H,18,19,20). The van der Waals surface area contributed by atoms with Crippen molar-refractivity contribution < 1.29 is 4.74 Å². The van der Waals surface area contributed by atoms with Gasteiger partial charge in [0.05, 0.1) is 12.7 Å². The van der Waals surface area contributed by atoms with Crippen molar-refractivity contribution in [3.8, 4) is 17.1 Å². The van der Waals surface area contributed by atoms with Crippen molar-refractivity contribution >= 4 is 17.4 Å². The van der Waals surface area contributed by atoms with E-state index in [0.29, 0.717) is 22.5 Å². The van der Waals surface area contributed by atoms with Gasteiger partial charge in [0.2, 0.25) is 0 Å². The molecule has 1 aromatic carbocycles. The van der Waals surface area contributed by atoms with Gasteiger partial charge in [0.25, 0.3) is 0 Å². The topological polar surface area (TPSA) is 47.0 Å². The molecule has 0 amide bonds. The second-order valence-corrected chi connectivity index (χ2v) is 5.70. The summed E-state index contributed by atoms with van der Waals surface area (Å²) < 4.78 is 5.39. The van der Waals surface area contributed by atoms with Crippen LogP contribution in [0.2, 0.25) is 5.02 Å². The zero-order chi connectivity index (χ0) is 15.4. The highest BCUT2D eigenvalue weighted by Crippen LogP contribution is 2.31. The molecule has 0 saturated carbocycles.